The summed E-state index contributed by atoms with van der Waals surface area (Å²) in [5.41, 5.74) is 7.63. The third-order valence-corrected chi connectivity index (χ3v) is 3.37. The molecule has 0 aromatic carbocycles. The number of fused-ring (bicyclic) bond motifs is 1. The van der Waals surface area contributed by atoms with Crippen LogP contribution in [-0.4, -0.2) is 21.9 Å². The number of hydrogen-bond donors (Lipinski definition) is 2. The number of nitrogens with zero attached hydrogens (tertiary/aromatic N) is 3. The summed E-state index contributed by atoms with van der Waals surface area (Å²) in [6.07, 6.45) is 5.02. The number of rotatable bonds is 5. The van der Waals surface area contributed by atoms with Crippen LogP contribution in [0, 0.1) is 5.92 Å². The van der Waals surface area contributed by atoms with Crippen molar-refractivity contribution in [2.45, 2.75) is 26.8 Å². The molecule has 0 amide bonds. The largest absolute Gasteiger partial charge is 0.370 e. The van der Waals surface area contributed by atoms with Crippen molar-refractivity contribution in [3.63, 3.8) is 0 Å². The van der Waals surface area contributed by atoms with Crippen LogP contribution in [0.2, 0.25) is 0 Å². The molecule has 0 radical (unpaired) electrons. The summed E-state index contributed by atoms with van der Waals surface area (Å²) in [7, 11) is 0. The monoisotopic (exact) mass is 465 g/mol. The zero-order valence-electron chi connectivity index (χ0n) is 12.2. The van der Waals surface area contributed by atoms with Crippen LogP contribution >= 0.6 is 39.9 Å². The molecule has 3 N–H and O–H groups in total. The first kappa shape index (κ1) is 18.2. The Morgan fingerprint density at radius 3 is 2.90 bits per heavy atom. The van der Waals surface area contributed by atoms with E-state index in [-0.39, 0.29) is 24.0 Å². The van der Waals surface area contributed by atoms with Gasteiger partial charge >= 0.3 is 0 Å². The van der Waals surface area contributed by atoms with E-state index in [1.807, 2.05) is 28.9 Å². The van der Waals surface area contributed by atoms with Gasteiger partial charge in [0.2, 0.25) is 0 Å². The average molecular weight is 466 g/mol. The van der Waals surface area contributed by atoms with E-state index in [0.717, 1.165) is 28.8 Å². The number of halogens is 2. The summed E-state index contributed by atoms with van der Waals surface area (Å²) in [5.74, 6) is 1.14. The fourth-order valence-electron chi connectivity index (χ4n) is 1.80. The Balaban J connectivity index is 0.00000220. The van der Waals surface area contributed by atoms with Gasteiger partial charge < -0.3 is 15.5 Å². The Morgan fingerprint density at radius 1 is 1.43 bits per heavy atom. The van der Waals surface area contributed by atoms with E-state index in [4.69, 9.17) is 5.73 Å². The third-order valence-electron chi connectivity index (χ3n) is 2.90. The highest BCUT2D eigenvalue weighted by Crippen LogP contribution is 2.12. The van der Waals surface area contributed by atoms with Crippen LogP contribution in [0.25, 0.3) is 5.65 Å². The summed E-state index contributed by atoms with van der Waals surface area (Å²) in [4.78, 5) is 8.79. The molecule has 0 aliphatic heterocycles. The van der Waals surface area contributed by atoms with Gasteiger partial charge in [-0.25, -0.2) is 9.98 Å². The molecule has 0 atom stereocenters. The zero-order chi connectivity index (χ0) is 14.5. The zero-order valence-corrected chi connectivity index (χ0v) is 16.1. The van der Waals surface area contributed by atoms with Crippen LogP contribution in [0.4, 0.5) is 0 Å². The van der Waals surface area contributed by atoms with Crippen molar-refractivity contribution in [1.29, 1.82) is 0 Å². The summed E-state index contributed by atoms with van der Waals surface area (Å²) in [6.45, 7) is 5.71. The van der Waals surface area contributed by atoms with Gasteiger partial charge in [0.15, 0.2) is 5.96 Å². The smallest absolute Gasteiger partial charge is 0.188 e. The molecule has 0 aliphatic rings. The molecule has 116 valence electrons. The highest BCUT2D eigenvalue weighted by molar-refractivity contribution is 14.0. The summed E-state index contributed by atoms with van der Waals surface area (Å²) >= 11 is 3.44. The maximum atomic E-state index is 5.82. The van der Waals surface area contributed by atoms with E-state index in [9.17, 15) is 0 Å². The number of aliphatic imine (C=N–C) groups is 1. The second-order valence-electron chi connectivity index (χ2n) is 5.16. The van der Waals surface area contributed by atoms with E-state index in [2.05, 4.69) is 45.1 Å². The lowest BCUT2D eigenvalue weighted by atomic mass is 10.1. The Morgan fingerprint density at radius 2 is 2.19 bits per heavy atom. The van der Waals surface area contributed by atoms with Crippen LogP contribution in [0.3, 0.4) is 0 Å². The molecule has 7 heteroatoms. The van der Waals surface area contributed by atoms with Gasteiger partial charge in [-0.3, -0.25) is 0 Å². The molecule has 0 unspecified atom stereocenters. The van der Waals surface area contributed by atoms with Gasteiger partial charge in [-0.1, -0.05) is 13.8 Å². The van der Waals surface area contributed by atoms with Crippen LogP contribution in [-0.2, 0) is 6.54 Å². The molecular formula is C14H21BrIN5. The molecule has 2 heterocycles. The molecule has 0 bridgehead atoms. The lowest BCUT2D eigenvalue weighted by molar-refractivity contribution is 0.576. The van der Waals surface area contributed by atoms with Crippen molar-refractivity contribution in [2.24, 2.45) is 16.6 Å². The van der Waals surface area contributed by atoms with E-state index in [1.165, 1.54) is 0 Å². The maximum Gasteiger partial charge on any atom is 0.188 e. The predicted molar refractivity (Wildman–Crippen MR) is 101 cm³/mol. The number of imidazole rings is 1. The highest BCUT2D eigenvalue weighted by atomic mass is 127. The second-order valence-corrected chi connectivity index (χ2v) is 6.07. The van der Waals surface area contributed by atoms with Gasteiger partial charge in [-0.15, -0.1) is 24.0 Å². The van der Waals surface area contributed by atoms with Crippen LogP contribution < -0.4 is 11.1 Å². The molecule has 2 rings (SSSR count). The fraction of sp³-hybridized carbons (Fsp3) is 0.429. The van der Waals surface area contributed by atoms with Crippen molar-refractivity contribution in [2.75, 3.05) is 6.54 Å². The van der Waals surface area contributed by atoms with Crippen molar-refractivity contribution in [3.05, 3.63) is 34.7 Å². The summed E-state index contributed by atoms with van der Waals surface area (Å²) < 4.78 is 2.99. The standard InChI is InChI=1S/C14H20BrN5.HI/c1-10(2)5-6-17-14(16)18-7-12-9-20-8-11(15)3-4-13(20)19-12;/h3-4,8-10H,5-7H2,1-2H3,(H3,16,17,18);1H. The normalized spacial score (nSPS) is 11.7. The quantitative estimate of drug-likeness (QED) is 0.405. The Hall–Kier alpha value is -0.830. The second kappa shape index (κ2) is 8.57. The van der Waals surface area contributed by atoms with Gasteiger partial charge in [0.05, 0.1) is 12.2 Å². The maximum absolute atomic E-state index is 5.82. The minimum absolute atomic E-state index is 0. The molecule has 21 heavy (non-hydrogen) atoms. The number of hydrogen-bond acceptors (Lipinski definition) is 2. The van der Waals surface area contributed by atoms with Crippen molar-refractivity contribution in [3.8, 4) is 0 Å². The number of aromatic nitrogens is 2. The Kier molecular flexibility index (Phi) is 7.44. The topological polar surface area (TPSA) is 67.7 Å². The molecule has 0 saturated carbocycles. The van der Waals surface area contributed by atoms with Crippen LogP contribution in [0.1, 0.15) is 26.0 Å². The summed E-state index contributed by atoms with van der Waals surface area (Å²) in [5, 5.41) is 3.11. The molecular weight excluding hydrogens is 445 g/mol. The molecule has 0 saturated heterocycles. The molecule has 0 aliphatic carbocycles. The van der Waals surface area contributed by atoms with Gasteiger partial charge in [0.25, 0.3) is 0 Å². The number of pyridine rings is 1. The van der Waals surface area contributed by atoms with E-state index >= 15 is 0 Å². The average Bonchev–Trinajstić information content (AvgIpc) is 2.77. The van der Waals surface area contributed by atoms with E-state index in [0.29, 0.717) is 18.4 Å². The van der Waals surface area contributed by atoms with Gasteiger partial charge in [0, 0.05) is 23.4 Å². The summed E-state index contributed by atoms with van der Waals surface area (Å²) in [6, 6.07) is 3.93. The van der Waals surface area contributed by atoms with Crippen molar-refractivity contribution >= 4 is 51.5 Å². The van der Waals surface area contributed by atoms with E-state index in [1.54, 1.807) is 0 Å². The SMILES string of the molecule is CC(C)CCNC(N)=NCc1cn2cc(Br)ccc2n1.I. The van der Waals surface area contributed by atoms with Crippen molar-refractivity contribution in [1.82, 2.24) is 14.7 Å². The first-order valence-electron chi connectivity index (χ1n) is 6.71. The van der Waals surface area contributed by atoms with Crippen molar-refractivity contribution < 1.29 is 0 Å². The minimum atomic E-state index is 0. The third kappa shape index (κ3) is 5.82. The predicted octanol–water partition coefficient (Wildman–Crippen LogP) is 3.17. The van der Waals surface area contributed by atoms with Gasteiger partial charge in [-0.05, 0) is 40.4 Å². The fourth-order valence-corrected chi connectivity index (χ4v) is 2.16. The van der Waals surface area contributed by atoms with Gasteiger partial charge in [-0.2, -0.15) is 0 Å². The number of nitrogens with two attached hydrogens (primary N) is 1. The molecule has 0 fully saturated rings. The number of guanidine groups is 1. The Bertz CT molecular complexity index is 608. The first-order chi connectivity index (χ1) is 9.54. The first-order valence-corrected chi connectivity index (χ1v) is 7.51. The molecule has 0 spiro atoms. The molecule has 5 nitrogen and oxygen atoms in total. The molecule has 2 aromatic rings. The lowest BCUT2D eigenvalue weighted by Crippen LogP contribution is -2.32. The molecule has 2 aromatic heterocycles. The van der Waals surface area contributed by atoms with Crippen LogP contribution in [0.15, 0.2) is 34.0 Å². The number of nitrogens with one attached hydrogen (secondary N) is 1. The Labute approximate surface area is 150 Å². The highest BCUT2D eigenvalue weighted by Gasteiger charge is 2.01. The van der Waals surface area contributed by atoms with Crippen LogP contribution in [0.5, 0.6) is 0 Å². The lowest BCUT2D eigenvalue weighted by Gasteiger charge is -2.06. The van der Waals surface area contributed by atoms with Gasteiger partial charge in [0.1, 0.15) is 5.65 Å². The minimum Gasteiger partial charge on any atom is -0.370 e. The van der Waals surface area contributed by atoms with E-state index < -0.39 is 0 Å².